The van der Waals surface area contributed by atoms with Crippen LogP contribution in [-0.4, -0.2) is 31.0 Å². The number of hydrogen-bond acceptors (Lipinski definition) is 4. The normalized spacial score (nSPS) is 21.3. The summed E-state index contributed by atoms with van der Waals surface area (Å²) in [6.45, 7) is 3.86. The largest absolute Gasteiger partial charge is 0.393 e. The molecule has 0 aliphatic heterocycles. The zero-order chi connectivity index (χ0) is 11.5. The highest BCUT2D eigenvalue weighted by atomic mass is 32.2. The van der Waals surface area contributed by atoms with Crippen LogP contribution in [0, 0.1) is 0 Å². The summed E-state index contributed by atoms with van der Waals surface area (Å²) in [5.41, 5.74) is 0. The maximum atomic E-state index is 11.8. The molecule has 1 aliphatic carbocycles. The Bertz CT molecular complexity index is 291. The van der Waals surface area contributed by atoms with Crippen molar-refractivity contribution in [1.82, 2.24) is 0 Å². The maximum absolute atomic E-state index is 11.8. The minimum Gasteiger partial charge on any atom is -0.393 e. The van der Waals surface area contributed by atoms with Gasteiger partial charge in [-0.3, -0.25) is 4.18 Å². The summed E-state index contributed by atoms with van der Waals surface area (Å²) in [6, 6.07) is 0. The van der Waals surface area contributed by atoms with Gasteiger partial charge < -0.3 is 5.11 Å². The van der Waals surface area contributed by atoms with Crippen LogP contribution in [0.25, 0.3) is 0 Å². The van der Waals surface area contributed by atoms with Crippen LogP contribution in [0.1, 0.15) is 46.0 Å². The second-order valence-corrected chi connectivity index (χ2v) is 6.38. The highest BCUT2D eigenvalue weighted by molar-refractivity contribution is 7.88. The Morgan fingerprint density at radius 2 is 2.07 bits per heavy atom. The first-order valence-electron chi connectivity index (χ1n) is 5.50. The van der Waals surface area contributed by atoms with Crippen LogP contribution in [0.2, 0.25) is 0 Å². The van der Waals surface area contributed by atoms with Gasteiger partial charge in [0.15, 0.2) is 0 Å². The van der Waals surface area contributed by atoms with E-state index in [9.17, 15) is 13.5 Å². The van der Waals surface area contributed by atoms with Gasteiger partial charge in [-0.15, -0.1) is 0 Å². The molecule has 0 radical (unpaired) electrons. The summed E-state index contributed by atoms with van der Waals surface area (Å²) >= 11 is 0. The van der Waals surface area contributed by atoms with E-state index in [-0.39, 0.29) is 6.61 Å². The van der Waals surface area contributed by atoms with E-state index in [1.165, 1.54) is 0 Å². The van der Waals surface area contributed by atoms with Crippen LogP contribution >= 0.6 is 0 Å². The molecule has 1 fully saturated rings. The van der Waals surface area contributed by atoms with E-state index in [4.69, 9.17) is 4.18 Å². The minimum absolute atomic E-state index is 0.264. The van der Waals surface area contributed by atoms with Crippen LogP contribution in [0.15, 0.2) is 0 Å². The molecule has 0 saturated heterocycles. The topological polar surface area (TPSA) is 63.6 Å². The fraction of sp³-hybridized carbons (Fsp3) is 1.00. The molecule has 1 aliphatic rings. The van der Waals surface area contributed by atoms with Crippen molar-refractivity contribution in [3.63, 3.8) is 0 Å². The van der Waals surface area contributed by atoms with E-state index in [1.54, 1.807) is 6.92 Å². The number of aliphatic hydroxyl groups is 1. The van der Waals surface area contributed by atoms with Crippen LogP contribution in [0.4, 0.5) is 0 Å². The molecule has 0 amide bonds. The van der Waals surface area contributed by atoms with Crippen molar-refractivity contribution in [3.8, 4) is 0 Å². The molecule has 15 heavy (non-hydrogen) atoms. The maximum Gasteiger partial charge on any atom is 0.273 e. The van der Waals surface area contributed by atoms with Crippen molar-refractivity contribution in [2.45, 2.75) is 56.8 Å². The predicted molar refractivity (Wildman–Crippen MR) is 58.0 cm³/mol. The number of hydrogen-bond donors (Lipinski definition) is 1. The van der Waals surface area contributed by atoms with E-state index >= 15 is 0 Å². The summed E-state index contributed by atoms with van der Waals surface area (Å²) in [7, 11) is -3.48. The molecule has 90 valence electrons. The first-order valence-corrected chi connectivity index (χ1v) is 6.91. The molecule has 5 heteroatoms. The minimum atomic E-state index is -3.48. The van der Waals surface area contributed by atoms with Crippen molar-refractivity contribution in [2.24, 2.45) is 0 Å². The van der Waals surface area contributed by atoms with Crippen LogP contribution in [0.5, 0.6) is 0 Å². The van der Waals surface area contributed by atoms with Gasteiger partial charge in [0.2, 0.25) is 0 Å². The lowest BCUT2D eigenvalue weighted by atomic mass is 10.2. The highest BCUT2D eigenvalue weighted by Gasteiger charge is 2.55. The Labute approximate surface area is 91.8 Å². The molecule has 0 aromatic heterocycles. The molecule has 1 N–H and O–H groups in total. The number of unbranched alkanes of at least 4 members (excludes halogenated alkanes) is 1. The quantitative estimate of drug-likeness (QED) is 0.536. The highest BCUT2D eigenvalue weighted by Crippen LogP contribution is 2.48. The summed E-state index contributed by atoms with van der Waals surface area (Å²) in [5.74, 6) is 0. The molecule has 0 bridgehead atoms. The predicted octanol–water partition coefficient (Wildman–Crippen LogP) is 1.44. The first-order chi connectivity index (χ1) is 6.93. The molecule has 0 aromatic rings. The third-order valence-electron chi connectivity index (χ3n) is 2.74. The monoisotopic (exact) mass is 236 g/mol. The average molecular weight is 236 g/mol. The fourth-order valence-electron chi connectivity index (χ4n) is 1.67. The number of aliphatic hydroxyl groups excluding tert-OH is 1. The van der Waals surface area contributed by atoms with Crippen molar-refractivity contribution in [2.75, 3.05) is 6.61 Å². The zero-order valence-corrected chi connectivity index (χ0v) is 10.2. The first kappa shape index (κ1) is 12.9. The third kappa shape index (κ3) is 3.16. The summed E-state index contributed by atoms with van der Waals surface area (Å²) in [5, 5.41) is 9.24. The Hall–Kier alpha value is -0.130. The zero-order valence-electron chi connectivity index (χ0n) is 9.40. The second kappa shape index (κ2) is 4.80. The molecule has 0 spiro atoms. The molecular weight excluding hydrogens is 216 g/mol. The SMILES string of the molecule is CCCCOS(=O)(=O)C1(CC(C)O)CC1. The van der Waals surface area contributed by atoms with Gasteiger partial charge in [-0.25, -0.2) is 0 Å². The van der Waals surface area contributed by atoms with Crippen LogP contribution in [0.3, 0.4) is 0 Å². The number of rotatable bonds is 7. The average Bonchev–Trinajstić information content (AvgIpc) is 2.85. The summed E-state index contributed by atoms with van der Waals surface area (Å²) < 4.78 is 27.8. The Kier molecular flexibility index (Phi) is 4.14. The lowest BCUT2D eigenvalue weighted by Crippen LogP contribution is -2.29. The lowest BCUT2D eigenvalue weighted by molar-refractivity contribution is 0.176. The summed E-state index contributed by atoms with van der Waals surface area (Å²) in [4.78, 5) is 0. The van der Waals surface area contributed by atoms with Crippen molar-refractivity contribution < 1.29 is 17.7 Å². The van der Waals surface area contributed by atoms with Crippen molar-refractivity contribution >= 4 is 10.1 Å². The van der Waals surface area contributed by atoms with Gasteiger partial charge in [0, 0.05) is 0 Å². The van der Waals surface area contributed by atoms with E-state index in [1.807, 2.05) is 6.92 Å². The molecule has 1 unspecified atom stereocenters. The van der Waals surface area contributed by atoms with Crippen molar-refractivity contribution in [1.29, 1.82) is 0 Å². The van der Waals surface area contributed by atoms with Gasteiger partial charge in [0.1, 0.15) is 4.75 Å². The van der Waals surface area contributed by atoms with E-state index < -0.39 is 21.0 Å². The van der Waals surface area contributed by atoms with Crippen molar-refractivity contribution in [3.05, 3.63) is 0 Å². The van der Waals surface area contributed by atoms with Gasteiger partial charge in [-0.1, -0.05) is 13.3 Å². The van der Waals surface area contributed by atoms with E-state index in [2.05, 4.69) is 0 Å². The molecule has 4 nitrogen and oxygen atoms in total. The van der Waals surface area contributed by atoms with Gasteiger partial charge >= 0.3 is 0 Å². The smallest absolute Gasteiger partial charge is 0.273 e. The van der Waals surface area contributed by atoms with Gasteiger partial charge in [-0.2, -0.15) is 8.42 Å². The second-order valence-electron chi connectivity index (χ2n) is 4.37. The molecular formula is C10H20O4S. The van der Waals surface area contributed by atoms with E-state index in [0.717, 1.165) is 12.8 Å². The van der Waals surface area contributed by atoms with Crippen LogP contribution < -0.4 is 0 Å². The third-order valence-corrected chi connectivity index (χ3v) is 4.85. The Balaban J connectivity index is 2.53. The summed E-state index contributed by atoms with van der Waals surface area (Å²) in [6.07, 6.45) is 2.61. The molecule has 1 rings (SSSR count). The molecule has 1 atom stereocenters. The van der Waals surface area contributed by atoms with Gasteiger partial charge in [-0.05, 0) is 32.6 Å². The molecule has 0 heterocycles. The Morgan fingerprint density at radius 1 is 1.47 bits per heavy atom. The standard InChI is InChI=1S/C10H20O4S/c1-3-4-7-14-15(12,13)10(5-6-10)8-9(2)11/h9,11H,3-8H2,1-2H3. The van der Waals surface area contributed by atoms with Crippen LogP contribution in [-0.2, 0) is 14.3 Å². The van der Waals surface area contributed by atoms with Gasteiger partial charge in [0.05, 0.1) is 12.7 Å². The molecule has 0 aromatic carbocycles. The Morgan fingerprint density at radius 3 is 2.47 bits per heavy atom. The molecule has 1 saturated carbocycles. The van der Waals surface area contributed by atoms with E-state index in [0.29, 0.717) is 19.3 Å². The van der Waals surface area contributed by atoms with Gasteiger partial charge in [0.25, 0.3) is 10.1 Å². The lowest BCUT2D eigenvalue weighted by Gasteiger charge is -2.17. The fourth-order valence-corrected chi connectivity index (χ4v) is 3.31.